The van der Waals surface area contributed by atoms with Gasteiger partial charge in [0.15, 0.2) is 5.76 Å². The number of hydrogen-bond donors (Lipinski definition) is 1. The first-order chi connectivity index (χ1) is 11.6. The second kappa shape index (κ2) is 6.66. The third kappa shape index (κ3) is 3.58. The quantitative estimate of drug-likeness (QED) is 0.559. The number of non-ortho nitro benzene ring substituents is 1. The van der Waals surface area contributed by atoms with Crippen LogP contribution in [0.5, 0.6) is 11.5 Å². The Morgan fingerprint density at radius 2 is 1.83 bits per heavy atom. The van der Waals surface area contributed by atoms with Gasteiger partial charge in [-0.05, 0) is 24.3 Å². The number of para-hydroxylation sites is 1. The first-order valence-electron chi connectivity index (χ1n) is 6.99. The van der Waals surface area contributed by atoms with Crippen molar-refractivity contribution >= 4 is 17.3 Å². The minimum Gasteiger partial charge on any atom is -0.459 e. The maximum absolute atomic E-state index is 12.0. The Labute approximate surface area is 136 Å². The number of nitro benzene ring substituents is 1. The van der Waals surface area contributed by atoms with Gasteiger partial charge < -0.3 is 14.5 Å². The van der Waals surface area contributed by atoms with Crippen LogP contribution in [-0.4, -0.2) is 10.8 Å². The number of nitrogens with one attached hydrogen (secondary N) is 1. The highest BCUT2D eigenvalue weighted by Crippen LogP contribution is 2.29. The van der Waals surface area contributed by atoms with Gasteiger partial charge in [-0.2, -0.15) is 0 Å². The molecule has 1 amide bonds. The summed E-state index contributed by atoms with van der Waals surface area (Å²) in [6, 6.07) is 15.9. The number of anilines is 1. The summed E-state index contributed by atoms with van der Waals surface area (Å²) in [5, 5.41) is 13.6. The van der Waals surface area contributed by atoms with E-state index in [1.165, 1.54) is 30.5 Å². The van der Waals surface area contributed by atoms with Crippen LogP contribution in [0.25, 0.3) is 0 Å². The van der Waals surface area contributed by atoms with Crippen molar-refractivity contribution in [2.45, 2.75) is 0 Å². The third-order valence-electron chi connectivity index (χ3n) is 3.08. The normalized spacial score (nSPS) is 10.2. The average molecular weight is 324 g/mol. The van der Waals surface area contributed by atoms with Gasteiger partial charge >= 0.3 is 0 Å². The highest BCUT2D eigenvalue weighted by molar-refractivity contribution is 6.02. The van der Waals surface area contributed by atoms with Crippen molar-refractivity contribution in [1.29, 1.82) is 0 Å². The number of hydrogen-bond acceptors (Lipinski definition) is 5. The molecule has 2 aromatic carbocycles. The number of benzene rings is 2. The van der Waals surface area contributed by atoms with E-state index in [0.29, 0.717) is 5.75 Å². The van der Waals surface area contributed by atoms with Gasteiger partial charge in [0.2, 0.25) is 0 Å². The van der Waals surface area contributed by atoms with Crippen LogP contribution in [0.2, 0.25) is 0 Å². The van der Waals surface area contributed by atoms with E-state index in [9.17, 15) is 14.9 Å². The molecule has 0 radical (unpaired) electrons. The summed E-state index contributed by atoms with van der Waals surface area (Å²) in [5.74, 6) is 0.365. The Kier molecular flexibility index (Phi) is 4.24. The molecule has 120 valence electrons. The van der Waals surface area contributed by atoms with Crippen molar-refractivity contribution in [1.82, 2.24) is 0 Å². The van der Waals surface area contributed by atoms with E-state index in [2.05, 4.69) is 5.32 Å². The van der Waals surface area contributed by atoms with Crippen molar-refractivity contribution < 1.29 is 18.9 Å². The maximum atomic E-state index is 12.0. The summed E-state index contributed by atoms with van der Waals surface area (Å²) in [6.07, 6.45) is 1.37. The lowest BCUT2D eigenvalue weighted by atomic mass is 10.2. The van der Waals surface area contributed by atoms with Crippen LogP contribution in [0.1, 0.15) is 10.6 Å². The SMILES string of the molecule is O=C(Nc1cc(Oc2ccccc2)cc([N+](=O)[O-])c1)c1ccco1. The largest absolute Gasteiger partial charge is 0.459 e. The highest BCUT2D eigenvalue weighted by Gasteiger charge is 2.15. The molecule has 0 unspecified atom stereocenters. The van der Waals surface area contributed by atoms with Crippen molar-refractivity contribution in [2.24, 2.45) is 0 Å². The number of carbonyl (C=O) groups is 1. The molecule has 7 heteroatoms. The molecule has 0 atom stereocenters. The van der Waals surface area contributed by atoms with Gasteiger partial charge in [0, 0.05) is 12.1 Å². The fourth-order valence-corrected chi connectivity index (χ4v) is 2.04. The smallest absolute Gasteiger partial charge is 0.291 e. The fourth-order valence-electron chi connectivity index (χ4n) is 2.04. The van der Waals surface area contributed by atoms with Gasteiger partial charge in [-0.3, -0.25) is 14.9 Å². The number of amides is 1. The van der Waals surface area contributed by atoms with Gasteiger partial charge in [0.25, 0.3) is 11.6 Å². The van der Waals surface area contributed by atoms with E-state index in [0.717, 1.165) is 0 Å². The number of nitrogens with zero attached hydrogens (tertiary/aromatic N) is 1. The summed E-state index contributed by atoms with van der Waals surface area (Å²) >= 11 is 0. The number of nitro groups is 1. The van der Waals surface area contributed by atoms with Gasteiger partial charge in [-0.1, -0.05) is 18.2 Å². The molecule has 0 saturated heterocycles. The molecule has 0 aliphatic heterocycles. The Hall–Kier alpha value is -3.61. The molecule has 1 N–H and O–H groups in total. The lowest BCUT2D eigenvalue weighted by Gasteiger charge is -2.08. The zero-order valence-electron chi connectivity index (χ0n) is 12.3. The standard InChI is InChI=1S/C17H12N2O5/c20-17(16-7-4-8-23-16)18-12-9-13(19(21)22)11-15(10-12)24-14-5-2-1-3-6-14/h1-11H,(H,18,20). The van der Waals surface area contributed by atoms with Crippen LogP contribution in [0.3, 0.4) is 0 Å². The molecule has 24 heavy (non-hydrogen) atoms. The van der Waals surface area contributed by atoms with Crippen LogP contribution in [0.15, 0.2) is 71.3 Å². The van der Waals surface area contributed by atoms with Gasteiger partial charge in [-0.25, -0.2) is 0 Å². The minimum atomic E-state index is -0.555. The molecule has 0 spiro atoms. The predicted octanol–water partition coefficient (Wildman–Crippen LogP) is 4.23. The van der Waals surface area contributed by atoms with Gasteiger partial charge in [0.05, 0.1) is 22.9 Å². The van der Waals surface area contributed by atoms with E-state index in [-0.39, 0.29) is 22.9 Å². The summed E-state index contributed by atoms with van der Waals surface area (Å²) in [7, 11) is 0. The van der Waals surface area contributed by atoms with Crippen LogP contribution in [-0.2, 0) is 0 Å². The van der Waals surface area contributed by atoms with Crippen molar-refractivity contribution in [3.8, 4) is 11.5 Å². The topological polar surface area (TPSA) is 94.6 Å². The molecule has 0 aliphatic rings. The Morgan fingerprint density at radius 3 is 2.50 bits per heavy atom. The van der Waals surface area contributed by atoms with E-state index < -0.39 is 10.8 Å². The molecule has 0 bridgehead atoms. The monoisotopic (exact) mass is 324 g/mol. The van der Waals surface area contributed by atoms with Crippen LogP contribution in [0, 0.1) is 10.1 Å². The maximum Gasteiger partial charge on any atom is 0.291 e. The molecule has 1 heterocycles. The zero-order valence-corrected chi connectivity index (χ0v) is 12.3. The summed E-state index contributed by atoms with van der Waals surface area (Å²) in [6.45, 7) is 0. The Bertz CT molecular complexity index is 860. The van der Waals surface area contributed by atoms with Crippen LogP contribution < -0.4 is 10.1 Å². The van der Waals surface area contributed by atoms with E-state index >= 15 is 0 Å². The van der Waals surface area contributed by atoms with Crippen LogP contribution >= 0.6 is 0 Å². The average Bonchev–Trinajstić information content (AvgIpc) is 3.10. The second-order valence-electron chi connectivity index (χ2n) is 4.82. The molecule has 0 fully saturated rings. The molecule has 3 aromatic rings. The number of ether oxygens (including phenoxy) is 1. The first kappa shape index (κ1) is 15.3. The molecule has 1 aromatic heterocycles. The lowest BCUT2D eigenvalue weighted by Crippen LogP contribution is -2.11. The third-order valence-corrected chi connectivity index (χ3v) is 3.08. The molecular weight excluding hydrogens is 312 g/mol. The number of rotatable bonds is 5. The number of carbonyl (C=O) groups excluding carboxylic acids is 1. The van der Waals surface area contributed by atoms with Gasteiger partial charge in [-0.15, -0.1) is 0 Å². The predicted molar refractivity (Wildman–Crippen MR) is 86.3 cm³/mol. The van der Waals surface area contributed by atoms with Gasteiger partial charge in [0.1, 0.15) is 11.5 Å². The lowest BCUT2D eigenvalue weighted by molar-refractivity contribution is -0.384. The molecule has 0 saturated carbocycles. The Balaban J connectivity index is 1.88. The van der Waals surface area contributed by atoms with Crippen molar-refractivity contribution in [3.05, 3.63) is 82.8 Å². The molecule has 7 nitrogen and oxygen atoms in total. The minimum absolute atomic E-state index is 0.104. The second-order valence-corrected chi connectivity index (χ2v) is 4.82. The summed E-state index contributed by atoms with van der Waals surface area (Å²) in [5.41, 5.74) is 0.0368. The van der Waals surface area contributed by atoms with Crippen molar-refractivity contribution in [2.75, 3.05) is 5.32 Å². The molecule has 0 aliphatic carbocycles. The van der Waals surface area contributed by atoms with E-state index in [1.807, 2.05) is 6.07 Å². The van der Waals surface area contributed by atoms with Crippen molar-refractivity contribution in [3.63, 3.8) is 0 Å². The number of furan rings is 1. The fraction of sp³-hybridized carbons (Fsp3) is 0. The summed E-state index contributed by atoms with van der Waals surface area (Å²) in [4.78, 5) is 22.5. The highest BCUT2D eigenvalue weighted by atomic mass is 16.6. The zero-order chi connectivity index (χ0) is 16.9. The summed E-state index contributed by atoms with van der Waals surface area (Å²) < 4.78 is 10.6. The van der Waals surface area contributed by atoms with E-state index in [1.54, 1.807) is 30.3 Å². The molecule has 3 rings (SSSR count). The Morgan fingerprint density at radius 1 is 1.04 bits per heavy atom. The van der Waals surface area contributed by atoms with Crippen LogP contribution in [0.4, 0.5) is 11.4 Å². The molecular formula is C17H12N2O5. The first-order valence-corrected chi connectivity index (χ1v) is 6.99. The van der Waals surface area contributed by atoms with E-state index in [4.69, 9.17) is 9.15 Å².